The van der Waals surface area contributed by atoms with Crippen molar-refractivity contribution in [2.75, 3.05) is 0 Å². The standard InChI is InChI=1S/C16H17ClFN/c1-2-16(13-6-4-3-5-7-13)19-11-12-8-9-15(18)14(17)10-12/h3-10,16,19H,2,11H2,1H3. The molecule has 0 amide bonds. The van der Waals surface area contributed by atoms with Crippen molar-refractivity contribution >= 4 is 11.6 Å². The van der Waals surface area contributed by atoms with E-state index in [-0.39, 0.29) is 10.8 Å². The third-order valence-electron chi connectivity index (χ3n) is 3.15. The van der Waals surface area contributed by atoms with Gasteiger partial charge in [-0.15, -0.1) is 0 Å². The Hall–Kier alpha value is -1.38. The molecule has 0 aliphatic heterocycles. The van der Waals surface area contributed by atoms with Gasteiger partial charge in [0.25, 0.3) is 0 Å². The number of hydrogen-bond acceptors (Lipinski definition) is 1. The molecule has 3 heteroatoms. The smallest absolute Gasteiger partial charge is 0.141 e. The lowest BCUT2D eigenvalue weighted by Gasteiger charge is -2.17. The van der Waals surface area contributed by atoms with E-state index >= 15 is 0 Å². The maximum absolute atomic E-state index is 13.1. The molecule has 0 aromatic heterocycles. The van der Waals surface area contributed by atoms with E-state index < -0.39 is 0 Å². The molecule has 1 atom stereocenters. The van der Waals surface area contributed by atoms with Gasteiger partial charge >= 0.3 is 0 Å². The number of hydrogen-bond donors (Lipinski definition) is 1. The van der Waals surface area contributed by atoms with Gasteiger partial charge in [-0.3, -0.25) is 0 Å². The SMILES string of the molecule is CCC(NCc1ccc(F)c(Cl)c1)c1ccccc1. The van der Waals surface area contributed by atoms with Crippen LogP contribution in [0.3, 0.4) is 0 Å². The molecule has 0 spiro atoms. The van der Waals surface area contributed by atoms with Crippen LogP contribution >= 0.6 is 11.6 Å². The zero-order chi connectivity index (χ0) is 13.7. The van der Waals surface area contributed by atoms with Gasteiger partial charge in [-0.2, -0.15) is 0 Å². The van der Waals surface area contributed by atoms with Crippen molar-refractivity contribution < 1.29 is 4.39 Å². The Kier molecular flexibility index (Phi) is 4.94. The van der Waals surface area contributed by atoms with Crippen LogP contribution in [0.2, 0.25) is 5.02 Å². The predicted octanol–water partition coefficient (Wildman–Crippen LogP) is 4.72. The molecule has 1 nitrogen and oxygen atoms in total. The normalized spacial score (nSPS) is 12.4. The first-order valence-electron chi connectivity index (χ1n) is 6.43. The summed E-state index contributed by atoms with van der Waals surface area (Å²) in [5.41, 5.74) is 2.25. The van der Waals surface area contributed by atoms with Crippen LogP contribution in [-0.4, -0.2) is 0 Å². The summed E-state index contributed by atoms with van der Waals surface area (Å²) in [6.45, 7) is 2.82. The molecule has 0 radical (unpaired) electrons. The summed E-state index contributed by atoms with van der Waals surface area (Å²) < 4.78 is 13.1. The summed E-state index contributed by atoms with van der Waals surface area (Å²) in [6, 6.07) is 15.4. The fourth-order valence-electron chi connectivity index (χ4n) is 2.07. The molecule has 0 aliphatic carbocycles. The van der Waals surface area contributed by atoms with Crippen LogP contribution in [0.5, 0.6) is 0 Å². The maximum Gasteiger partial charge on any atom is 0.141 e. The van der Waals surface area contributed by atoms with Gasteiger partial charge in [0.05, 0.1) is 5.02 Å². The van der Waals surface area contributed by atoms with E-state index in [1.807, 2.05) is 18.2 Å². The van der Waals surface area contributed by atoms with Gasteiger partial charge in [-0.1, -0.05) is 54.9 Å². The molecule has 0 aliphatic rings. The van der Waals surface area contributed by atoms with Crippen LogP contribution in [0, 0.1) is 5.82 Å². The first-order chi connectivity index (χ1) is 9.20. The maximum atomic E-state index is 13.1. The molecule has 1 unspecified atom stereocenters. The molecule has 0 bridgehead atoms. The minimum absolute atomic E-state index is 0.173. The van der Waals surface area contributed by atoms with Gasteiger partial charge in [0.2, 0.25) is 0 Å². The van der Waals surface area contributed by atoms with Gasteiger partial charge in [0, 0.05) is 12.6 Å². The summed E-state index contributed by atoms with van der Waals surface area (Å²) in [4.78, 5) is 0. The van der Waals surface area contributed by atoms with Crippen LogP contribution in [0.15, 0.2) is 48.5 Å². The Balaban J connectivity index is 2.02. The number of nitrogens with one attached hydrogen (secondary N) is 1. The predicted molar refractivity (Wildman–Crippen MR) is 77.7 cm³/mol. The van der Waals surface area contributed by atoms with Crippen LogP contribution < -0.4 is 5.32 Å². The third-order valence-corrected chi connectivity index (χ3v) is 3.44. The van der Waals surface area contributed by atoms with Gasteiger partial charge < -0.3 is 5.32 Å². The van der Waals surface area contributed by atoms with E-state index in [0.29, 0.717) is 12.6 Å². The molecule has 19 heavy (non-hydrogen) atoms. The Morgan fingerprint density at radius 2 is 1.89 bits per heavy atom. The lowest BCUT2D eigenvalue weighted by molar-refractivity contribution is 0.518. The van der Waals surface area contributed by atoms with Crippen LogP contribution in [0.1, 0.15) is 30.5 Å². The quantitative estimate of drug-likeness (QED) is 0.834. The molecule has 2 aromatic rings. The average molecular weight is 278 g/mol. The highest BCUT2D eigenvalue weighted by Crippen LogP contribution is 2.19. The Morgan fingerprint density at radius 1 is 1.16 bits per heavy atom. The lowest BCUT2D eigenvalue weighted by Crippen LogP contribution is -2.20. The van der Waals surface area contributed by atoms with E-state index in [1.54, 1.807) is 12.1 Å². The third kappa shape index (κ3) is 3.79. The molecule has 100 valence electrons. The summed E-state index contributed by atoms with van der Waals surface area (Å²) in [6.07, 6.45) is 0.999. The first-order valence-corrected chi connectivity index (χ1v) is 6.80. The van der Waals surface area contributed by atoms with E-state index in [0.717, 1.165) is 12.0 Å². The van der Waals surface area contributed by atoms with Crippen molar-refractivity contribution in [3.63, 3.8) is 0 Å². The van der Waals surface area contributed by atoms with Crippen molar-refractivity contribution in [3.05, 3.63) is 70.5 Å². The molecule has 0 fully saturated rings. The molecule has 2 aromatic carbocycles. The van der Waals surface area contributed by atoms with Crippen molar-refractivity contribution in [3.8, 4) is 0 Å². The molecule has 0 saturated heterocycles. The van der Waals surface area contributed by atoms with Crippen molar-refractivity contribution in [2.45, 2.75) is 25.9 Å². The van der Waals surface area contributed by atoms with Crippen LogP contribution in [-0.2, 0) is 6.54 Å². The minimum Gasteiger partial charge on any atom is -0.306 e. The summed E-state index contributed by atoms with van der Waals surface area (Å²) in [7, 11) is 0. The molecule has 1 N–H and O–H groups in total. The zero-order valence-corrected chi connectivity index (χ0v) is 11.6. The molecule has 0 saturated carbocycles. The summed E-state index contributed by atoms with van der Waals surface area (Å²) >= 11 is 5.78. The fraction of sp³-hybridized carbons (Fsp3) is 0.250. The molecule has 0 heterocycles. The Bertz CT molecular complexity index is 528. The molecule has 2 rings (SSSR count). The van der Waals surface area contributed by atoms with Gasteiger partial charge in [-0.05, 0) is 29.7 Å². The van der Waals surface area contributed by atoms with Gasteiger partial charge in [-0.25, -0.2) is 4.39 Å². The highest BCUT2D eigenvalue weighted by atomic mass is 35.5. The number of benzene rings is 2. The highest BCUT2D eigenvalue weighted by Gasteiger charge is 2.08. The summed E-state index contributed by atoms with van der Waals surface area (Å²) in [5, 5.41) is 3.64. The largest absolute Gasteiger partial charge is 0.306 e. The lowest BCUT2D eigenvalue weighted by atomic mass is 10.0. The molecular formula is C16H17ClFN. The molecular weight excluding hydrogens is 261 g/mol. The van der Waals surface area contributed by atoms with E-state index in [2.05, 4.69) is 24.4 Å². The van der Waals surface area contributed by atoms with Gasteiger partial charge in [0.1, 0.15) is 5.82 Å². The Labute approximate surface area is 118 Å². The minimum atomic E-state index is -0.375. The van der Waals surface area contributed by atoms with E-state index in [4.69, 9.17) is 11.6 Å². The second-order valence-electron chi connectivity index (χ2n) is 4.50. The average Bonchev–Trinajstić information content (AvgIpc) is 2.44. The Morgan fingerprint density at radius 3 is 2.53 bits per heavy atom. The van der Waals surface area contributed by atoms with E-state index in [9.17, 15) is 4.39 Å². The fourth-order valence-corrected chi connectivity index (χ4v) is 2.28. The number of rotatable bonds is 5. The van der Waals surface area contributed by atoms with Crippen molar-refractivity contribution in [1.29, 1.82) is 0 Å². The number of halogens is 2. The first kappa shape index (κ1) is 14.0. The topological polar surface area (TPSA) is 12.0 Å². The van der Waals surface area contributed by atoms with Crippen LogP contribution in [0.25, 0.3) is 0 Å². The zero-order valence-electron chi connectivity index (χ0n) is 10.9. The second-order valence-corrected chi connectivity index (χ2v) is 4.91. The van der Waals surface area contributed by atoms with Crippen LogP contribution in [0.4, 0.5) is 4.39 Å². The van der Waals surface area contributed by atoms with Gasteiger partial charge in [0.15, 0.2) is 0 Å². The second kappa shape index (κ2) is 6.69. The summed E-state index contributed by atoms with van der Waals surface area (Å²) in [5.74, 6) is -0.375. The monoisotopic (exact) mass is 277 g/mol. The van der Waals surface area contributed by atoms with Crippen molar-refractivity contribution in [1.82, 2.24) is 5.32 Å². The highest BCUT2D eigenvalue weighted by molar-refractivity contribution is 6.30. The van der Waals surface area contributed by atoms with E-state index in [1.165, 1.54) is 11.6 Å². The van der Waals surface area contributed by atoms with Crippen molar-refractivity contribution in [2.24, 2.45) is 0 Å².